The van der Waals surface area contributed by atoms with Gasteiger partial charge in [-0.2, -0.15) is 0 Å². The molecule has 24 aromatic rings. The Kier molecular flexibility index (Phi) is 18.7. The lowest BCUT2D eigenvalue weighted by Crippen LogP contribution is -2.24. The average Bonchev–Trinajstić information content (AvgIpc) is 1.54. The zero-order valence-corrected chi connectivity index (χ0v) is 72.4. The van der Waals surface area contributed by atoms with Gasteiger partial charge >= 0.3 is 0 Å². The summed E-state index contributed by atoms with van der Waals surface area (Å²) >= 11 is 0. The van der Waals surface area contributed by atoms with Gasteiger partial charge in [-0.05, 0) is 207 Å². The van der Waals surface area contributed by atoms with E-state index >= 15 is 0 Å². The van der Waals surface area contributed by atoms with E-state index in [2.05, 4.69) is 494 Å². The number of benzene rings is 17. The molecule has 618 valence electrons. The molecule has 0 amide bonds. The molecular weight excluding hydrogens is 1600 g/mol. The van der Waals surface area contributed by atoms with Crippen LogP contribution in [0.15, 0.2) is 473 Å². The Hall–Kier alpha value is -17.3. The fourth-order valence-corrected chi connectivity index (χ4v) is 20.8. The van der Waals surface area contributed by atoms with Crippen LogP contribution in [0.4, 0.5) is 0 Å². The Bertz CT molecular complexity index is 8470. The number of para-hydroxylation sites is 4. The molecule has 25 rings (SSSR count). The van der Waals surface area contributed by atoms with Crippen molar-refractivity contribution in [3.8, 4) is 163 Å². The highest BCUT2D eigenvalue weighted by Crippen LogP contribution is 2.54. The molecule has 0 saturated heterocycles. The lowest BCUT2D eigenvalue weighted by atomic mass is 9.75. The van der Waals surface area contributed by atoms with Crippen molar-refractivity contribution in [3.63, 3.8) is 0 Å². The predicted molar refractivity (Wildman–Crippen MR) is 548 cm³/mol. The number of hydrogen-bond acceptors (Lipinski definition) is 4. The van der Waals surface area contributed by atoms with Gasteiger partial charge in [0.1, 0.15) is 0 Å². The third kappa shape index (κ3) is 13.4. The maximum absolute atomic E-state index is 5.75. The van der Waals surface area contributed by atoms with E-state index in [4.69, 9.17) is 19.9 Å². The minimum Gasteiger partial charge on any atom is -0.309 e. The van der Waals surface area contributed by atoms with E-state index < -0.39 is 5.41 Å². The molecule has 0 bridgehead atoms. The summed E-state index contributed by atoms with van der Waals surface area (Å²) in [6.07, 6.45) is 0.724. The molecule has 7 heteroatoms. The minimum atomic E-state index is -0.466. The summed E-state index contributed by atoms with van der Waals surface area (Å²) in [7, 11) is 0. The fourth-order valence-electron chi connectivity index (χ4n) is 20.8. The lowest BCUT2D eigenvalue weighted by Gasteiger charge is -2.28. The maximum atomic E-state index is 5.75. The summed E-state index contributed by atoms with van der Waals surface area (Å²) in [4.78, 5) is 22.3. The topological polar surface area (TPSA) is 66.3 Å². The first-order chi connectivity index (χ1) is 65.3. The van der Waals surface area contributed by atoms with Crippen LogP contribution in [0.25, 0.3) is 228 Å². The molecule has 0 spiro atoms. The first-order valence-corrected chi connectivity index (χ1v) is 45.3. The molecule has 1 atom stereocenters. The normalized spacial score (nSPS) is 12.9. The van der Waals surface area contributed by atoms with E-state index in [-0.39, 0.29) is 0 Å². The molecule has 1 unspecified atom stereocenters. The summed E-state index contributed by atoms with van der Waals surface area (Å²) in [5.74, 6) is 0. The third-order valence-corrected chi connectivity index (χ3v) is 27.0. The second-order valence-corrected chi connectivity index (χ2v) is 35.0. The third-order valence-electron chi connectivity index (χ3n) is 27.0. The molecule has 7 nitrogen and oxygen atoms in total. The SMILES string of the molecule is CC1(Cc2cccc(-c3cc(-c4ccc(-n5c6ccccc6c6cc7c(cc65)c5ccccc5n7-c5ccccc5)c(-c5cc(-c6ccccc6)nc(-c6ccccc6)c5)c4)cc(-c4ccccc4)n3)c2)c2ccccc2-c2cc3c(cc21)c1ccccc1n3-c1ccc(-c2cc(-c3ccccc3)nc(-c3ccccc3)c2)cc1-c1cc(-c2ccccc2)cc(-c2ccccc2)n1. The Labute approximate surface area is 765 Å². The van der Waals surface area contributed by atoms with Crippen molar-refractivity contribution in [3.05, 3.63) is 490 Å². The van der Waals surface area contributed by atoms with Crippen LogP contribution in [0.1, 0.15) is 23.6 Å². The minimum absolute atomic E-state index is 0.466. The lowest BCUT2D eigenvalue weighted by molar-refractivity contribution is 0.583. The van der Waals surface area contributed by atoms with Gasteiger partial charge in [0.05, 0.1) is 90.0 Å². The van der Waals surface area contributed by atoms with Crippen LogP contribution in [-0.4, -0.2) is 33.6 Å². The van der Waals surface area contributed by atoms with Crippen LogP contribution in [0.3, 0.4) is 0 Å². The smallest absolute Gasteiger partial charge is 0.0737 e. The molecular formula is C125H83N7. The molecule has 1 aliphatic carbocycles. The highest BCUT2D eigenvalue weighted by molar-refractivity contribution is 6.20. The predicted octanol–water partition coefficient (Wildman–Crippen LogP) is 32.1. The van der Waals surface area contributed by atoms with Crippen LogP contribution in [-0.2, 0) is 11.8 Å². The van der Waals surface area contributed by atoms with Crippen LogP contribution in [0, 0.1) is 0 Å². The molecule has 17 aromatic carbocycles. The van der Waals surface area contributed by atoms with Crippen molar-refractivity contribution in [1.82, 2.24) is 33.6 Å². The molecule has 0 fully saturated rings. The molecule has 0 radical (unpaired) electrons. The van der Waals surface area contributed by atoms with Crippen molar-refractivity contribution in [2.24, 2.45) is 0 Å². The zero-order chi connectivity index (χ0) is 87.3. The maximum Gasteiger partial charge on any atom is 0.0737 e. The summed E-state index contributed by atoms with van der Waals surface area (Å²) in [6.45, 7) is 2.47. The summed E-state index contributed by atoms with van der Waals surface area (Å²) in [5, 5.41) is 7.08. The number of aromatic nitrogens is 7. The van der Waals surface area contributed by atoms with E-state index in [0.29, 0.717) is 0 Å². The van der Waals surface area contributed by atoms with E-state index in [9.17, 15) is 0 Å². The second kappa shape index (κ2) is 31.9. The van der Waals surface area contributed by atoms with Crippen LogP contribution < -0.4 is 0 Å². The van der Waals surface area contributed by atoms with Crippen molar-refractivity contribution in [2.75, 3.05) is 0 Å². The van der Waals surface area contributed by atoms with Gasteiger partial charge in [0.15, 0.2) is 0 Å². The number of pyridine rings is 4. The zero-order valence-electron chi connectivity index (χ0n) is 72.4. The van der Waals surface area contributed by atoms with Gasteiger partial charge in [-0.1, -0.05) is 347 Å². The first kappa shape index (κ1) is 77.1. The van der Waals surface area contributed by atoms with E-state index in [0.717, 1.165) is 186 Å². The van der Waals surface area contributed by atoms with Gasteiger partial charge in [0, 0.05) is 93.5 Å². The standard InChI is InChI=1S/C125H83N7/c1-125(107-57-30-26-53-97(107)102-77-123-103(76-108(102)125)98-54-28-32-59-118(98)132(123)121-64-62-90(93-69-109(83-38-12-3-13-39-83)126-110(70-93)84-40-14-4-15-41-84)67-106(121)116-73-92(82-36-10-2-11-37-82)68-112(129-116)86-44-18-6-19-45-86)80-81-35-34-50-91(65-81)115-72-94(71-111(128-115)85-42-16-5-17-43-85)89-61-63-120(101(66-89)95-74-113(87-46-20-7-21-47-87)127-114(75-95)88-48-22-8-23-49-88)131-119-60-33-29-56-100(119)105-78-122-104(79-124(105)131)99-55-27-31-58-117(99)130(122)96-51-24-9-25-52-96/h2-79H,80H2,1H3. The molecule has 7 heterocycles. The molecule has 1 aliphatic rings. The fraction of sp³-hybridized carbons (Fsp3) is 0.0240. The van der Waals surface area contributed by atoms with Crippen molar-refractivity contribution in [2.45, 2.75) is 18.8 Å². The largest absolute Gasteiger partial charge is 0.309 e. The average molecular weight is 1680 g/mol. The molecule has 132 heavy (non-hydrogen) atoms. The van der Waals surface area contributed by atoms with Crippen molar-refractivity contribution < 1.29 is 0 Å². The Morgan fingerprint density at radius 3 is 0.985 bits per heavy atom. The van der Waals surface area contributed by atoms with E-state index in [1.54, 1.807) is 0 Å². The molecule has 7 aromatic heterocycles. The van der Waals surface area contributed by atoms with Gasteiger partial charge in [-0.25, -0.2) is 19.9 Å². The first-order valence-electron chi connectivity index (χ1n) is 45.3. The quantitative estimate of drug-likeness (QED) is 0.0911. The van der Waals surface area contributed by atoms with Gasteiger partial charge in [0.25, 0.3) is 0 Å². The van der Waals surface area contributed by atoms with Gasteiger partial charge < -0.3 is 13.7 Å². The number of rotatable bonds is 17. The molecule has 0 saturated carbocycles. The number of nitrogens with zero attached hydrogens (tertiary/aromatic N) is 7. The molecule has 0 N–H and O–H groups in total. The molecule has 0 aliphatic heterocycles. The van der Waals surface area contributed by atoms with Gasteiger partial charge in [-0.3, -0.25) is 0 Å². The van der Waals surface area contributed by atoms with Crippen molar-refractivity contribution >= 4 is 65.4 Å². The van der Waals surface area contributed by atoms with E-state index in [1.165, 1.54) is 65.7 Å². The monoisotopic (exact) mass is 1680 g/mol. The summed E-state index contributed by atoms with van der Waals surface area (Å²) in [5.41, 5.74) is 39.7. The highest BCUT2D eigenvalue weighted by atomic mass is 15.0. The number of fused-ring (bicyclic) bond motifs is 12. The Balaban J connectivity index is 0.645. The number of hydrogen-bond donors (Lipinski definition) is 0. The van der Waals surface area contributed by atoms with E-state index in [1.807, 2.05) is 0 Å². The van der Waals surface area contributed by atoms with Crippen LogP contribution in [0.5, 0.6) is 0 Å². The van der Waals surface area contributed by atoms with Crippen LogP contribution in [0.2, 0.25) is 0 Å². The Morgan fingerprint density at radius 1 is 0.182 bits per heavy atom. The van der Waals surface area contributed by atoms with Crippen LogP contribution >= 0.6 is 0 Å². The second-order valence-electron chi connectivity index (χ2n) is 35.0. The summed E-state index contributed by atoms with van der Waals surface area (Å²) in [6, 6.07) is 172. The highest BCUT2D eigenvalue weighted by Gasteiger charge is 2.41. The van der Waals surface area contributed by atoms with Crippen molar-refractivity contribution in [1.29, 1.82) is 0 Å². The van der Waals surface area contributed by atoms with Gasteiger partial charge in [0.2, 0.25) is 0 Å². The Morgan fingerprint density at radius 2 is 0.515 bits per heavy atom. The summed E-state index contributed by atoms with van der Waals surface area (Å²) < 4.78 is 7.45. The van der Waals surface area contributed by atoms with Gasteiger partial charge in [-0.15, -0.1) is 0 Å².